The fourth-order valence-electron chi connectivity index (χ4n) is 3.32. The number of rotatable bonds is 6. The Bertz CT molecular complexity index is 768. The topological polar surface area (TPSA) is 52.6 Å². The molecule has 142 valence electrons. The maximum atomic E-state index is 12.4. The van der Waals surface area contributed by atoms with Crippen molar-refractivity contribution >= 4 is 11.8 Å². The Labute approximate surface area is 161 Å². The standard InChI is InChI=1S/C22H27N3O2/c1-18-7-5-6-10-20(18)17-24-13-15-25(16-14-24)21(26)11-12-23-22(27)19-8-3-2-4-9-19/h2-10H,11-17H2,1H3,(H,23,27). The first-order valence-electron chi connectivity index (χ1n) is 9.51. The van der Waals surface area contributed by atoms with Crippen molar-refractivity contribution in [3.05, 3.63) is 71.3 Å². The molecule has 2 aromatic rings. The summed E-state index contributed by atoms with van der Waals surface area (Å²) >= 11 is 0. The molecule has 0 atom stereocenters. The van der Waals surface area contributed by atoms with Crippen molar-refractivity contribution in [2.45, 2.75) is 19.9 Å². The van der Waals surface area contributed by atoms with E-state index in [1.54, 1.807) is 12.1 Å². The molecule has 0 aliphatic carbocycles. The monoisotopic (exact) mass is 365 g/mol. The van der Waals surface area contributed by atoms with E-state index in [1.807, 2.05) is 23.1 Å². The quantitative estimate of drug-likeness (QED) is 0.856. The van der Waals surface area contributed by atoms with Crippen molar-refractivity contribution in [1.29, 1.82) is 0 Å². The Kier molecular flexibility index (Phi) is 6.60. The summed E-state index contributed by atoms with van der Waals surface area (Å²) < 4.78 is 0. The summed E-state index contributed by atoms with van der Waals surface area (Å²) in [6.45, 7) is 6.71. The number of benzene rings is 2. The lowest BCUT2D eigenvalue weighted by atomic mass is 10.1. The summed E-state index contributed by atoms with van der Waals surface area (Å²) in [4.78, 5) is 28.7. The molecule has 1 fully saturated rings. The average Bonchev–Trinajstić information content (AvgIpc) is 2.71. The highest BCUT2D eigenvalue weighted by Gasteiger charge is 2.21. The van der Waals surface area contributed by atoms with Crippen LogP contribution >= 0.6 is 0 Å². The van der Waals surface area contributed by atoms with Crippen LogP contribution in [0.1, 0.15) is 27.9 Å². The Morgan fingerprint density at radius 2 is 1.59 bits per heavy atom. The first-order chi connectivity index (χ1) is 13.1. The molecule has 2 aromatic carbocycles. The third-order valence-corrected chi connectivity index (χ3v) is 5.04. The molecule has 5 heteroatoms. The Morgan fingerprint density at radius 3 is 2.30 bits per heavy atom. The van der Waals surface area contributed by atoms with E-state index in [9.17, 15) is 9.59 Å². The van der Waals surface area contributed by atoms with Gasteiger partial charge in [-0.1, -0.05) is 42.5 Å². The van der Waals surface area contributed by atoms with E-state index in [0.29, 0.717) is 18.5 Å². The van der Waals surface area contributed by atoms with Crippen LogP contribution in [0, 0.1) is 6.92 Å². The van der Waals surface area contributed by atoms with Gasteiger partial charge < -0.3 is 10.2 Å². The number of hydrogen-bond acceptors (Lipinski definition) is 3. The molecule has 0 bridgehead atoms. The molecule has 1 aliphatic rings. The highest BCUT2D eigenvalue weighted by molar-refractivity contribution is 5.94. The van der Waals surface area contributed by atoms with Crippen LogP contribution in [-0.2, 0) is 11.3 Å². The van der Waals surface area contributed by atoms with Crippen LogP contribution in [0.4, 0.5) is 0 Å². The largest absolute Gasteiger partial charge is 0.352 e. The summed E-state index contributed by atoms with van der Waals surface area (Å²) in [6.07, 6.45) is 0.344. The molecular weight excluding hydrogens is 338 g/mol. The molecule has 0 radical (unpaired) electrons. The van der Waals surface area contributed by atoms with Gasteiger partial charge in [0.05, 0.1) is 0 Å². The van der Waals surface area contributed by atoms with Gasteiger partial charge in [-0.3, -0.25) is 14.5 Å². The minimum atomic E-state index is -0.133. The van der Waals surface area contributed by atoms with Gasteiger partial charge in [0.2, 0.25) is 5.91 Å². The number of hydrogen-bond donors (Lipinski definition) is 1. The van der Waals surface area contributed by atoms with Crippen LogP contribution in [0.2, 0.25) is 0 Å². The number of nitrogens with zero attached hydrogens (tertiary/aromatic N) is 2. The molecule has 1 N–H and O–H groups in total. The minimum Gasteiger partial charge on any atom is -0.352 e. The van der Waals surface area contributed by atoms with E-state index in [2.05, 4.69) is 41.4 Å². The third kappa shape index (κ3) is 5.41. The van der Waals surface area contributed by atoms with E-state index in [-0.39, 0.29) is 11.8 Å². The predicted molar refractivity (Wildman–Crippen MR) is 106 cm³/mol. The molecule has 0 spiro atoms. The molecule has 0 unspecified atom stereocenters. The Morgan fingerprint density at radius 1 is 0.926 bits per heavy atom. The molecular formula is C22H27N3O2. The van der Waals surface area contributed by atoms with Gasteiger partial charge in [-0.05, 0) is 30.2 Å². The number of nitrogens with one attached hydrogen (secondary N) is 1. The molecule has 3 rings (SSSR count). The highest BCUT2D eigenvalue weighted by Crippen LogP contribution is 2.13. The maximum absolute atomic E-state index is 12.4. The molecule has 5 nitrogen and oxygen atoms in total. The normalized spacial score (nSPS) is 14.8. The van der Waals surface area contributed by atoms with Crippen molar-refractivity contribution in [2.24, 2.45) is 0 Å². The lowest BCUT2D eigenvalue weighted by Gasteiger charge is -2.35. The van der Waals surface area contributed by atoms with Gasteiger partial charge in [0.25, 0.3) is 5.91 Å². The van der Waals surface area contributed by atoms with E-state index in [1.165, 1.54) is 11.1 Å². The molecule has 2 amide bonds. The van der Waals surface area contributed by atoms with Gasteiger partial charge in [-0.15, -0.1) is 0 Å². The van der Waals surface area contributed by atoms with Crippen molar-refractivity contribution in [1.82, 2.24) is 15.1 Å². The highest BCUT2D eigenvalue weighted by atomic mass is 16.2. The van der Waals surface area contributed by atoms with Crippen LogP contribution in [0.25, 0.3) is 0 Å². The van der Waals surface area contributed by atoms with Crippen molar-refractivity contribution in [3.8, 4) is 0 Å². The molecule has 0 aromatic heterocycles. The summed E-state index contributed by atoms with van der Waals surface area (Å²) in [5.74, 6) is -0.0228. The van der Waals surface area contributed by atoms with E-state index >= 15 is 0 Å². The second-order valence-corrected chi connectivity index (χ2v) is 6.96. The summed E-state index contributed by atoms with van der Waals surface area (Å²) in [6, 6.07) is 17.5. The number of amides is 2. The van der Waals surface area contributed by atoms with Crippen molar-refractivity contribution in [3.63, 3.8) is 0 Å². The average molecular weight is 365 g/mol. The van der Waals surface area contributed by atoms with Gasteiger partial charge in [0, 0.05) is 51.3 Å². The number of carbonyl (C=O) groups excluding carboxylic acids is 2. The lowest BCUT2D eigenvalue weighted by Crippen LogP contribution is -2.48. The van der Waals surface area contributed by atoms with Crippen molar-refractivity contribution < 1.29 is 9.59 Å². The Hall–Kier alpha value is -2.66. The number of piperazine rings is 1. The predicted octanol–water partition coefficient (Wildman–Crippen LogP) is 2.46. The Balaban J connectivity index is 1.38. The zero-order valence-electron chi connectivity index (χ0n) is 15.9. The molecule has 1 aliphatic heterocycles. The van der Waals surface area contributed by atoms with E-state index in [4.69, 9.17) is 0 Å². The maximum Gasteiger partial charge on any atom is 0.251 e. The molecule has 1 heterocycles. The SMILES string of the molecule is Cc1ccccc1CN1CCN(C(=O)CCNC(=O)c2ccccc2)CC1. The van der Waals surface area contributed by atoms with Gasteiger partial charge in [-0.25, -0.2) is 0 Å². The lowest BCUT2D eigenvalue weighted by molar-refractivity contribution is -0.132. The molecule has 1 saturated heterocycles. The number of carbonyl (C=O) groups is 2. The van der Waals surface area contributed by atoms with Gasteiger partial charge in [0.1, 0.15) is 0 Å². The second kappa shape index (κ2) is 9.33. The van der Waals surface area contributed by atoms with Crippen molar-refractivity contribution in [2.75, 3.05) is 32.7 Å². The van der Waals surface area contributed by atoms with Gasteiger partial charge in [-0.2, -0.15) is 0 Å². The first-order valence-corrected chi connectivity index (χ1v) is 9.51. The minimum absolute atomic E-state index is 0.110. The van der Waals surface area contributed by atoms with Crippen LogP contribution in [0.3, 0.4) is 0 Å². The van der Waals surface area contributed by atoms with Crippen LogP contribution < -0.4 is 5.32 Å². The van der Waals surface area contributed by atoms with E-state index in [0.717, 1.165) is 32.7 Å². The first kappa shape index (κ1) is 19.1. The fourth-order valence-corrected chi connectivity index (χ4v) is 3.32. The van der Waals surface area contributed by atoms with Crippen LogP contribution in [0.15, 0.2) is 54.6 Å². The van der Waals surface area contributed by atoms with Gasteiger partial charge in [0.15, 0.2) is 0 Å². The second-order valence-electron chi connectivity index (χ2n) is 6.96. The third-order valence-electron chi connectivity index (χ3n) is 5.04. The van der Waals surface area contributed by atoms with Gasteiger partial charge >= 0.3 is 0 Å². The number of aryl methyl sites for hydroxylation is 1. The summed E-state index contributed by atoms with van der Waals surface area (Å²) in [5, 5.41) is 2.82. The van der Waals surface area contributed by atoms with E-state index < -0.39 is 0 Å². The summed E-state index contributed by atoms with van der Waals surface area (Å²) in [5.41, 5.74) is 3.28. The summed E-state index contributed by atoms with van der Waals surface area (Å²) in [7, 11) is 0. The molecule has 27 heavy (non-hydrogen) atoms. The smallest absolute Gasteiger partial charge is 0.251 e. The fraction of sp³-hybridized carbons (Fsp3) is 0.364. The van der Waals surface area contributed by atoms with Crippen LogP contribution in [0.5, 0.6) is 0 Å². The zero-order chi connectivity index (χ0) is 19.1. The zero-order valence-corrected chi connectivity index (χ0v) is 15.9. The molecule has 0 saturated carbocycles. The van der Waals surface area contributed by atoms with Crippen LogP contribution in [-0.4, -0.2) is 54.3 Å².